The molecule has 1 N–H and O–H groups in total. The highest BCUT2D eigenvalue weighted by Gasteiger charge is 2.18. The van der Waals surface area contributed by atoms with Gasteiger partial charge in [-0.3, -0.25) is 0 Å². The van der Waals surface area contributed by atoms with E-state index in [0.717, 1.165) is 5.76 Å². The zero-order chi connectivity index (χ0) is 14.1. The van der Waals surface area contributed by atoms with Crippen molar-refractivity contribution in [2.24, 2.45) is 0 Å². The molecule has 0 fully saturated rings. The molecule has 0 radical (unpaired) electrons. The molecule has 0 atom stereocenters. The number of hydrogen-bond donors (Lipinski definition) is 1. The zero-order valence-electron chi connectivity index (χ0n) is 10.5. The van der Waals surface area contributed by atoms with Gasteiger partial charge in [0.15, 0.2) is 17.3 Å². The van der Waals surface area contributed by atoms with Crippen LogP contribution in [-0.2, 0) is 0 Å². The summed E-state index contributed by atoms with van der Waals surface area (Å²) >= 11 is 0. The molecule has 0 aliphatic carbocycles. The van der Waals surface area contributed by atoms with Gasteiger partial charge in [0.05, 0.1) is 0 Å². The largest absolute Gasteiger partial charge is 0.476 e. The van der Waals surface area contributed by atoms with Crippen LogP contribution in [0.25, 0.3) is 17.3 Å². The lowest BCUT2D eigenvalue weighted by molar-refractivity contribution is 0.0690. The predicted octanol–water partition coefficient (Wildman–Crippen LogP) is 1.93. The number of aromatic nitrogens is 4. The summed E-state index contributed by atoms with van der Waals surface area (Å²) < 4.78 is 6.92. The molecular formula is C13H10N4O3. The van der Waals surface area contributed by atoms with Crippen LogP contribution in [-0.4, -0.2) is 31.1 Å². The second kappa shape index (κ2) is 4.61. The van der Waals surface area contributed by atoms with Crippen molar-refractivity contribution in [3.63, 3.8) is 0 Å². The van der Waals surface area contributed by atoms with E-state index >= 15 is 0 Å². The first-order chi connectivity index (χ1) is 9.65. The lowest BCUT2D eigenvalue weighted by atomic mass is 10.3. The highest BCUT2D eigenvalue weighted by molar-refractivity contribution is 5.86. The molecule has 3 aromatic rings. The van der Waals surface area contributed by atoms with Gasteiger partial charge in [-0.1, -0.05) is 0 Å². The Morgan fingerprint density at radius 3 is 2.80 bits per heavy atom. The third-order valence-electron chi connectivity index (χ3n) is 2.70. The SMILES string of the molecule is Cc1ccc(-c2cc(C(=O)O)nn2-c2cccnn2)o1. The first-order valence-corrected chi connectivity index (χ1v) is 5.83. The molecule has 7 heteroatoms. The number of hydrogen-bond acceptors (Lipinski definition) is 5. The topological polar surface area (TPSA) is 94.0 Å². The van der Waals surface area contributed by atoms with Gasteiger partial charge < -0.3 is 9.52 Å². The molecule has 0 amide bonds. The Bertz CT molecular complexity index is 761. The van der Waals surface area contributed by atoms with Crippen molar-refractivity contribution in [2.75, 3.05) is 0 Å². The average Bonchev–Trinajstić information content (AvgIpc) is 3.05. The van der Waals surface area contributed by atoms with Crippen LogP contribution in [0.3, 0.4) is 0 Å². The van der Waals surface area contributed by atoms with Gasteiger partial charge in [-0.25, -0.2) is 9.48 Å². The molecule has 0 bridgehead atoms. The normalized spacial score (nSPS) is 10.7. The molecule has 100 valence electrons. The van der Waals surface area contributed by atoms with Crippen molar-refractivity contribution in [2.45, 2.75) is 6.92 Å². The highest BCUT2D eigenvalue weighted by Crippen LogP contribution is 2.25. The summed E-state index contributed by atoms with van der Waals surface area (Å²) in [6.45, 7) is 1.81. The summed E-state index contributed by atoms with van der Waals surface area (Å²) in [5.41, 5.74) is 0.427. The molecule has 0 aromatic carbocycles. The molecule has 0 saturated carbocycles. The Balaban J connectivity index is 2.20. The molecule has 20 heavy (non-hydrogen) atoms. The maximum absolute atomic E-state index is 11.1. The quantitative estimate of drug-likeness (QED) is 0.781. The van der Waals surface area contributed by atoms with E-state index in [0.29, 0.717) is 17.3 Å². The van der Waals surface area contributed by atoms with Gasteiger partial charge in [-0.15, -0.1) is 5.10 Å². The molecule has 0 unspecified atom stereocenters. The van der Waals surface area contributed by atoms with Crippen LogP contribution in [0.2, 0.25) is 0 Å². The first-order valence-electron chi connectivity index (χ1n) is 5.83. The van der Waals surface area contributed by atoms with Crippen molar-refractivity contribution in [1.82, 2.24) is 20.0 Å². The minimum absolute atomic E-state index is 0.0836. The summed E-state index contributed by atoms with van der Waals surface area (Å²) in [5.74, 6) is 0.554. The van der Waals surface area contributed by atoms with Gasteiger partial charge in [-0.05, 0) is 31.2 Å². The fourth-order valence-electron chi connectivity index (χ4n) is 1.81. The van der Waals surface area contributed by atoms with Gasteiger partial charge in [0.1, 0.15) is 11.5 Å². The van der Waals surface area contributed by atoms with Crippen LogP contribution in [0.15, 0.2) is 40.9 Å². The molecule has 7 nitrogen and oxygen atoms in total. The number of furan rings is 1. The molecule has 0 saturated heterocycles. The summed E-state index contributed by atoms with van der Waals surface area (Å²) in [6, 6.07) is 8.37. The molecule has 3 aromatic heterocycles. The Hall–Kier alpha value is -2.96. The van der Waals surface area contributed by atoms with E-state index in [1.807, 2.05) is 6.92 Å². The van der Waals surface area contributed by atoms with Gasteiger partial charge >= 0.3 is 5.97 Å². The molecule has 3 rings (SSSR count). The number of carboxylic acids is 1. The summed E-state index contributed by atoms with van der Waals surface area (Å²) in [5, 5.41) is 20.8. The Kier molecular flexibility index (Phi) is 2.79. The smallest absolute Gasteiger partial charge is 0.356 e. The van der Waals surface area contributed by atoms with Crippen LogP contribution in [0.5, 0.6) is 0 Å². The van der Waals surface area contributed by atoms with E-state index in [9.17, 15) is 4.79 Å². The number of carboxylic acid groups (broad SMARTS) is 1. The van der Waals surface area contributed by atoms with Gasteiger partial charge in [0.25, 0.3) is 0 Å². The van der Waals surface area contributed by atoms with E-state index < -0.39 is 5.97 Å². The van der Waals surface area contributed by atoms with Gasteiger partial charge in [0.2, 0.25) is 0 Å². The Morgan fingerprint density at radius 1 is 1.35 bits per heavy atom. The number of aryl methyl sites for hydroxylation is 1. The summed E-state index contributed by atoms with van der Waals surface area (Å²) in [6.07, 6.45) is 1.53. The van der Waals surface area contributed by atoms with E-state index in [4.69, 9.17) is 9.52 Å². The monoisotopic (exact) mass is 270 g/mol. The Labute approximate surface area is 113 Å². The zero-order valence-corrected chi connectivity index (χ0v) is 10.5. The van der Waals surface area contributed by atoms with Crippen LogP contribution >= 0.6 is 0 Å². The molecule has 0 aliphatic heterocycles. The highest BCUT2D eigenvalue weighted by atomic mass is 16.4. The van der Waals surface area contributed by atoms with Crippen molar-refractivity contribution in [1.29, 1.82) is 0 Å². The van der Waals surface area contributed by atoms with Crippen molar-refractivity contribution in [3.8, 4) is 17.3 Å². The van der Waals surface area contributed by atoms with Crippen LogP contribution in [0.4, 0.5) is 0 Å². The van der Waals surface area contributed by atoms with Gasteiger partial charge in [0, 0.05) is 12.3 Å². The minimum atomic E-state index is -1.11. The average molecular weight is 270 g/mol. The van der Waals surface area contributed by atoms with Gasteiger partial charge in [-0.2, -0.15) is 10.2 Å². The van der Waals surface area contributed by atoms with Crippen molar-refractivity contribution in [3.05, 3.63) is 48.0 Å². The molecule has 0 aliphatic rings. The number of nitrogens with zero attached hydrogens (tertiary/aromatic N) is 4. The standard InChI is InChI=1S/C13H10N4O3/c1-8-4-5-11(20-8)10-7-9(13(18)19)16-17(10)12-3-2-6-14-15-12/h2-7H,1H3,(H,18,19). The third kappa shape index (κ3) is 2.05. The van der Waals surface area contributed by atoms with E-state index in [-0.39, 0.29) is 5.69 Å². The second-order valence-electron chi connectivity index (χ2n) is 4.12. The Morgan fingerprint density at radius 2 is 2.20 bits per heavy atom. The number of rotatable bonds is 3. The molecule has 0 spiro atoms. The van der Waals surface area contributed by atoms with E-state index in [2.05, 4.69) is 15.3 Å². The first kappa shape index (κ1) is 12.1. The summed E-state index contributed by atoms with van der Waals surface area (Å²) in [7, 11) is 0. The molecular weight excluding hydrogens is 260 g/mol. The third-order valence-corrected chi connectivity index (χ3v) is 2.70. The second-order valence-corrected chi connectivity index (χ2v) is 4.12. The number of aromatic carboxylic acids is 1. The summed E-state index contributed by atoms with van der Waals surface area (Å²) in [4.78, 5) is 11.1. The van der Waals surface area contributed by atoms with E-state index in [1.165, 1.54) is 16.9 Å². The van der Waals surface area contributed by atoms with Crippen LogP contribution in [0.1, 0.15) is 16.2 Å². The maximum Gasteiger partial charge on any atom is 0.356 e. The van der Waals surface area contributed by atoms with Crippen LogP contribution in [0, 0.1) is 6.92 Å². The van der Waals surface area contributed by atoms with Crippen molar-refractivity contribution < 1.29 is 14.3 Å². The lowest BCUT2D eigenvalue weighted by Gasteiger charge is -2.02. The predicted molar refractivity (Wildman–Crippen MR) is 68.6 cm³/mol. The van der Waals surface area contributed by atoms with Crippen LogP contribution < -0.4 is 0 Å². The van der Waals surface area contributed by atoms with Crippen molar-refractivity contribution >= 4 is 5.97 Å². The fraction of sp³-hybridized carbons (Fsp3) is 0.0769. The maximum atomic E-state index is 11.1. The lowest BCUT2D eigenvalue weighted by Crippen LogP contribution is -2.04. The van der Waals surface area contributed by atoms with E-state index in [1.54, 1.807) is 24.3 Å². The molecule has 3 heterocycles. The minimum Gasteiger partial charge on any atom is -0.476 e. The number of carbonyl (C=O) groups is 1. The fourth-order valence-corrected chi connectivity index (χ4v) is 1.81.